The van der Waals surface area contributed by atoms with Gasteiger partial charge in [0, 0.05) is 12.0 Å². The molecule has 1 fully saturated rings. The summed E-state index contributed by atoms with van der Waals surface area (Å²) in [5, 5.41) is 7.10. The fourth-order valence-corrected chi connectivity index (χ4v) is 10.1. The van der Waals surface area contributed by atoms with Gasteiger partial charge < -0.3 is 9.26 Å². The van der Waals surface area contributed by atoms with Gasteiger partial charge in [0.05, 0.1) is 5.71 Å². The smallest absolute Gasteiger partial charge is 0.261 e. The van der Waals surface area contributed by atoms with Crippen LogP contribution >= 0.6 is 0 Å². The summed E-state index contributed by atoms with van der Waals surface area (Å²) in [5.74, 6) is 0.548. The molecule has 0 spiro atoms. The third-order valence-electron chi connectivity index (χ3n) is 7.23. The van der Waals surface area contributed by atoms with Crippen LogP contribution in [0.15, 0.2) is 65.8 Å². The number of benzene rings is 2. The van der Waals surface area contributed by atoms with Crippen molar-refractivity contribution in [2.45, 2.75) is 58.4 Å². The first-order valence-electron chi connectivity index (χ1n) is 11.4. The molecule has 0 bridgehead atoms. The largest absolute Gasteiger partial charge is 0.407 e. The molecule has 1 saturated carbocycles. The molecule has 0 radical (unpaired) electrons. The molecule has 0 unspecified atom stereocenters. The molecule has 0 amide bonds. The summed E-state index contributed by atoms with van der Waals surface area (Å²) < 4.78 is 7.20. The van der Waals surface area contributed by atoms with E-state index in [9.17, 15) is 0 Å². The van der Waals surface area contributed by atoms with Gasteiger partial charge in [0.15, 0.2) is 0 Å². The van der Waals surface area contributed by atoms with Crippen LogP contribution in [0.5, 0.6) is 0 Å². The maximum absolute atomic E-state index is 7.20. The van der Waals surface area contributed by atoms with E-state index >= 15 is 0 Å². The van der Waals surface area contributed by atoms with Gasteiger partial charge in [-0.05, 0) is 47.0 Å². The van der Waals surface area contributed by atoms with Gasteiger partial charge in [-0.3, -0.25) is 0 Å². The minimum absolute atomic E-state index is 0.0237. The lowest BCUT2D eigenvalue weighted by Crippen LogP contribution is -2.67. The number of rotatable bonds is 6. The van der Waals surface area contributed by atoms with E-state index < -0.39 is 8.32 Å². The summed E-state index contributed by atoms with van der Waals surface area (Å²) in [4.78, 5) is 5.53. The van der Waals surface area contributed by atoms with Crippen LogP contribution in [0.1, 0.15) is 53.4 Å². The maximum atomic E-state index is 7.20. The minimum Gasteiger partial charge on any atom is -0.407 e. The zero-order chi connectivity index (χ0) is 21.2. The van der Waals surface area contributed by atoms with Crippen molar-refractivity contribution in [3.8, 4) is 0 Å². The Kier molecular flexibility index (Phi) is 5.91. The molecule has 0 N–H and O–H groups in total. The highest BCUT2D eigenvalue weighted by Gasteiger charge is 2.51. The Balaban J connectivity index is 1.67. The molecule has 1 aliphatic carbocycles. The number of oxime groups is 1. The second-order valence-electron chi connectivity index (χ2n) is 10.0. The lowest BCUT2D eigenvalue weighted by atomic mass is 9.68. The van der Waals surface area contributed by atoms with Crippen molar-refractivity contribution in [2.24, 2.45) is 16.5 Å². The zero-order valence-corrected chi connectivity index (χ0v) is 19.9. The quantitative estimate of drug-likeness (QED) is 0.604. The van der Waals surface area contributed by atoms with Gasteiger partial charge in [0.2, 0.25) is 0 Å². The van der Waals surface area contributed by atoms with Crippen molar-refractivity contribution in [1.29, 1.82) is 0 Å². The Morgan fingerprint density at radius 3 is 2.17 bits per heavy atom. The predicted octanol–water partition coefficient (Wildman–Crippen LogP) is 5.15. The van der Waals surface area contributed by atoms with Crippen LogP contribution in [0.2, 0.25) is 5.04 Å². The topological polar surface area (TPSA) is 30.8 Å². The number of nitrogens with zero attached hydrogens (tertiary/aromatic N) is 1. The van der Waals surface area contributed by atoms with Crippen molar-refractivity contribution >= 4 is 24.4 Å². The highest BCUT2D eigenvalue weighted by Crippen LogP contribution is 2.44. The van der Waals surface area contributed by atoms with E-state index in [-0.39, 0.29) is 10.5 Å². The van der Waals surface area contributed by atoms with Gasteiger partial charge in [-0.25, -0.2) is 0 Å². The number of hydrogen-bond donors (Lipinski definition) is 0. The van der Waals surface area contributed by atoms with Gasteiger partial charge in [-0.2, -0.15) is 0 Å². The van der Waals surface area contributed by atoms with Crippen molar-refractivity contribution < 1.29 is 9.26 Å². The van der Waals surface area contributed by atoms with E-state index in [1.807, 2.05) is 0 Å². The highest BCUT2D eigenvalue weighted by molar-refractivity contribution is 6.99. The summed E-state index contributed by atoms with van der Waals surface area (Å²) in [5.41, 5.74) is 1.42. The highest BCUT2D eigenvalue weighted by atomic mass is 28.4. The Hall–Kier alpha value is -1.91. The summed E-state index contributed by atoms with van der Waals surface area (Å²) in [6, 6.07) is 21.9. The third-order valence-corrected chi connectivity index (χ3v) is 12.2. The van der Waals surface area contributed by atoms with Gasteiger partial charge in [-0.15, -0.1) is 0 Å². The van der Waals surface area contributed by atoms with E-state index in [1.54, 1.807) is 0 Å². The second-order valence-corrected chi connectivity index (χ2v) is 14.3. The lowest BCUT2D eigenvalue weighted by Gasteiger charge is -2.45. The molecule has 2 aromatic carbocycles. The van der Waals surface area contributed by atoms with E-state index in [4.69, 9.17) is 9.26 Å². The fourth-order valence-electron chi connectivity index (χ4n) is 5.49. The number of fused-ring (bicyclic) bond motifs is 1. The number of hydrogen-bond acceptors (Lipinski definition) is 3. The molecule has 3 nitrogen and oxygen atoms in total. The first-order valence-corrected chi connectivity index (χ1v) is 13.3. The van der Waals surface area contributed by atoms with Crippen LogP contribution in [0.25, 0.3) is 0 Å². The van der Waals surface area contributed by atoms with E-state index in [0.29, 0.717) is 5.92 Å². The van der Waals surface area contributed by atoms with Crippen molar-refractivity contribution in [1.82, 2.24) is 0 Å². The van der Waals surface area contributed by atoms with Gasteiger partial charge >= 0.3 is 0 Å². The van der Waals surface area contributed by atoms with Crippen LogP contribution in [-0.2, 0) is 9.26 Å². The molecule has 1 heterocycles. The molecule has 4 rings (SSSR count). The normalized spacial score (nSPS) is 24.1. The molecule has 0 aromatic heterocycles. The van der Waals surface area contributed by atoms with Crippen molar-refractivity contribution in [3.63, 3.8) is 0 Å². The summed E-state index contributed by atoms with van der Waals surface area (Å²) in [7, 11) is -2.46. The van der Waals surface area contributed by atoms with Crippen molar-refractivity contribution in [2.75, 3.05) is 13.2 Å². The molecule has 0 saturated heterocycles. The summed E-state index contributed by atoms with van der Waals surface area (Å²) in [6.07, 6.45) is 4.41. The minimum atomic E-state index is -2.46. The molecule has 2 aromatic rings. The average Bonchev–Trinajstić information content (AvgIpc) is 3.18. The van der Waals surface area contributed by atoms with E-state index in [0.717, 1.165) is 38.9 Å². The van der Waals surface area contributed by atoms with E-state index in [1.165, 1.54) is 16.1 Å². The monoisotopic (exact) mass is 421 g/mol. The third kappa shape index (κ3) is 3.65. The molecular formula is C26H35NO2Si. The predicted molar refractivity (Wildman–Crippen MR) is 127 cm³/mol. The van der Waals surface area contributed by atoms with E-state index in [2.05, 4.69) is 93.5 Å². The SMILES string of the molecule is CC[C@]12CON=C1CC[C@@H](CO[Si](c1ccccc1)(c1ccccc1)C(C)(C)C)C2. The van der Waals surface area contributed by atoms with Crippen LogP contribution in [0.4, 0.5) is 0 Å². The summed E-state index contributed by atoms with van der Waals surface area (Å²) in [6.45, 7) is 10.9. The van der Waals surface area contributed by atoms with Gasteiger partial charge in [0.1, 0.15) is 6.61 Å². The lowest BCUT2D eigenvalue weighted by molar-refractivity contribution is 0.0897. The van der Waals surface area contributed by atoms with Crippen LogP contribution in [0, 0.1) is 11.3 Å². The van der Waals surface area contributed by atoms with Crippen LogP contribution in [-0.4, -0.2) is 27.2 Å². The standard InChI is InChI=1S/C26H35NO2Si/c1-5-26-18-21(16-17-24(26)27-28-20-26)19-29-30(25(2,3)4,22-12-8-6-9-13-22)23-14-10-7-11-15-23/h6-15,21H,5,16-20H2,1-4H3/t21-,26+/m1/s1. The second kappa shape index (κ2) is 8.31. The molecule has 1 aliphatic heterocycles. The molecule has 2 aliphatic rings. The Morgan fingerprint density at radius 2 is 1.63 bits per heavy atom. The van der Waals surface area contributed by atoms with Crippen LogP contribution in [0.3, 0.4) is 0 Å². The Labute approximate surface area is 182 Å². The average molecular weight is 422 g/mol. The Morgan fingerprint density at radius 1 is 1.03 bits per heavy atom. The molecular weight excluding hydrogens is 386 g/mol. The zero-order valence-electron chi connectivity index (χ0n) is 18.9. The maximum Gasteiger partial charge on any atom is 0.261 e. The molecule has 2 atom stereocenters. The molecule has 4 heteroatoms. The molecule has 30 heavy (non-hydrogen) atoms. The van der Waals surface area contributed by atoms with Crippen molar-refractivity contribution in [3.05, 3.63) is 60.7 Å². The van der Waals surface area contributed by atoms with Crippen LogP contribution < -0.4 is 10.4 Å². The summed E-state index contributed by atoms with van der Waals surface area (Å²) >= 11 is 0. The Bertz CT molecular complexity index is 835. The first kappa shape index (κ1) is 21.3. The first-order chi connectivity index (χ1) is 14.4. The van der Waals surface area contributed by atoms with Gasteiger partial charge in [0.25, 0.3) is 8.32 Å². The fraction of sp³-hybridized carbons (Fsp3) is 0.500. The van der Waals surface area contributed by atoms with Gasteiger partial charge in [-0.1, -0.05) is 93.5 Å². The molecule has 160 valence electrons.